The highest BCUT2D eigenvalue weighted by molar-refractivity contribution is 9.09. The molecule has 15 heavy (non-hydrogen) atoms. The fourth-order valence-corrected chi connectivity index (χ4v) is 3.02. The monoisotopic (exact) mass is 290 g/mol. The Labute approximate surface area is 103 Å². The SMILES string of the molecule is Fc1cc(Cl)ccc1CC1(CBr)CCC1. The van der Waals surface area contributed by atoms with Crippen molar-refractivity contribution in [3.05, 3.63) is 34.6 Å². The number of benzene rings is 1. The van der Waals surface area contributed by atoms with E-state index in [2.05, 4.69) is 15.9 Å². The van der Waals surface area contributed by atoms with Crippen molar-refractivity contribution >= 4 is 27.5 Å². The number of hydrogen-bond acceptors (Lipinski definition) is 0. The van der Waals surface area contributed by atoms with Crippen molar-refractivity contribution in [2.75, 3.05) is 5.33 Å². The van der Waals surface area contributed by atoms with E-state index in [-0.39, 0.29) is 11.2 Å². The van der Waals surface area contributed by atoms with Crippen LogP contribution in [0.15, 0.2) is 18.2 Å². The highest BCUT2D eigenvalue weighted by Crippen LogP contribution is 2.45. The van der Waals surface area contributed by atoms with E-state index in [4.69, 9.17) is 11.6 Å². The summed E-state index contributed by atoms with van der Waals surface area (Å²) in [5.41, 5.74) is 1.08. The van der Waals surface area contributed by atoms with Gasteiger partial charge in [0.2, 0.25) is 0 Å². The minimum absolute atomic E-state index is 0.172. The highest BCUT2D eigenvalue weighted by atomic mass is 79.9. The Hall–Kier alpha value is -0.0800. The van der Waals surface area contributed by atoms with Crippen LogP contribution < -0.4 is 0 Å². The van der Waals surface area contributed by atoms with Crippen LogP contribution in [0, 0.1) is 11.2 Å². The quantitative estimate of drug-likeness (QED) is 0.715. The smallest absolute Gasteiger partial charge is 0.127 e. The Morgan fingerprint density at radius 1 is 1.40 bits per heavy atom. The van der Waals surface area contributed by atoms with E-state index in [1.807, 2.05) is 0 Å². The van der Waals surface area contributed by atoms with Gasteiger partial charge in [-0.2, -0.15) is 0 Å². The van der Waals surface area contributed by atoms with Crippen LogP contribution in [0.4, 0.5) is 4.39 Å². The fourth-order valence-electron chi connectivity index (χ4n) is 2.10. The van der Waals surface area contributed by atoms with Gasteiger partial charge in [0, 0.05) is 10.4 Å². The summed E-state index contributed by atoms with van der Waals surface area (Å²) in [7, 11) is 0. The Bertz CT molecular complexity index is 355. The van der Waals surface area contributed by atoms with Crippen LogP contribution in [0.3, 0.4) is 0 Å². The highest BCUT2D eigenvalue weighted by Gasteiger charge is 2.36. The third-order valence-corrected chi connectivity index (χ3v) is 4.70. The van der Waals surface area contributed by atoms with Crippen LogP contribution in [-0.2, 0) is 6.42 Å². The van der Waals surface area contributed by atoms with Crippen molar-refractivity contribution in [1.82, 2.24) is 0 Å². The molecule has 1 aromatic rings. The molecule has 0 radical (unpaired) electrons. The van der Waals surface area contributed by atoms with E-state index >= 15 is 0 Å². The first-order valence-electron chi connectivity index (χ1n) is 5.15. The van der Waals surface area contributed by atoms with Gasteiger partial charge in [-0.3, -0.25) is 0 Å². The molecule has 0 saturated heterocycles. The molecule has 0 nitrogen and oxygen atoms in total. The van der Waals surface area contributed by atoms with Gasteiger partial charge in [0.25, 0.3) is 0 Å². The van der Waals surface area contributed by atoms with Gasteiger partial charge in [-0.25, -0.2) is 4.39 Å². The van der Waals surface area contributed by atoms with Crippen LogP contribution >= 0.6 is 27.5 Å². The van der Waals surface area contributed by atoms with Crippen molar-refractivity contribution in [1.29, 1.82) is 0 Å². The third kappa shape index (κ3) is 2.36. The number of hydrogen-bond donors (Lipinski definition) is 0. The zero-order chi connectivity index (χ0) is 10.9. The summed E-state index contributed by atoms with van der Waals surface area (Å²) < 4.78 is 13.6. The molecular formula is C12H13BrClF. The van der Waals surface area contributed by atoms with Crippen molar-refractivity contribution in [3.8, 4) is 0 Å². The number of alkyl halides is 1. The molecule has 1 saturated carbocycles. The lowest BCUT2D eigenvalue weighted by Crippen LogP contribution is -2.33. The second kappa shape index (κ2) is 4.42. The Balaban J connectivity index is 2.16. The van der Waals surface area contributed by atoms with Gasteiger partial charge >= 0.3 is 0 Å². The van der Waals surface area contributed by atoms with Crippen LogP contribution in [0.25, 0.3) is 0 Å². The van der Waals surface area contributed by atoms with Crippen LogP contribution in [0.1, 0.15) is 24.8 Å². The second-order valence-corrected chi connectivity index (χ2v) is 5.40. The molecule has 1 aliphatic carbocycles. The molecule has 0 aromatic heterocycles. The van der Waals surface area contributed by atoms with E-state index in [1.54, 1.807) is 12.1 Å². The average molecular weight is 292 g/mol. The Morgan fingerprint density at radius 3 is 2.60 bits per heavy atom. The predicted octanol–water partition coefficient (Wildman–Crippen LogP) is 4.59. The van der Waals surface area contributed by atoms with Crippen LogP contribution in [0.5, 0.6) is 0 Å². The van der Waals surface area contributed by atoms with Gasteiger partial charge in [-0.15, -0.1) is 0 Å². The molecule has 0 unspecified atom stereocenters. The molecular weight excluding hydrogens is 278 g/mol. The lowest BCUT2D eigenvalue weighted by molar-refractivity contribution is 0.168. The minimum Gasteiger partial charge on any atom is -0.207 e. The van der Waals surface area contributed by atoms with Gasteiger partial charge in [0.1, 0.15) is 5.82 Å². The molecule has 1 fully saturated rings. The average Bonchev–Trinajstić information content (AvgIpc) is 2.14. The Kier molecular flexibility index (Phi) is 3.36. The summed E-state index contributed by atoms with van der Waals surface area (Å²) in [6, 6.07) is 4.97. The first kappa shape index (κ1) is 11.4. The molecule has 2 rings (SSSR count). The minimum atomic E-state index is -0.172. The van der Waals surface area contributed by atoms with Crippen molar-refractivity contribution in [2.45, 2.75) is 25.7 Å². The van der Waals surface area contributed by atoms with Crippen LogP contribution in [-0.4, -0.2) is 5.33 Å². The van der Waals surface area contributed by atoms with Gasteiger partial charge in [-0.1, -0.05) is 40.0 Å². The fraction of sp³-hybridized carbons (Fsp3) is 0.500. The molecule has 0 N–H and O–H groups in total. The lowest BCUT2D eigenvalue weighted by atomic mass is 9.67. The molecule has 1 aromatic carbocycles. The van der Waals surface area contributed by atoms with Gasteiger partial charge in [0.15, 0.2) is 0 Å². The standard InChI is InChI=1S/C12H13BrClF/c13-8-12(4-1-5-12)7-9-2-3-10(14)6-11(9)15/h2-3,6H,1,4-5,7-8H2. The second-order valence-electron chi connectivity index (χ2n) is 4.40. The summed E-state index contributed by atoms with van der Waals surface area (Å²) in [6.45, 7) is 0. The molecule has 0 atom stereocenters. The maximum Gasteiger partial charge on any atom is 0.127 e. The normalized spacial score (nSPS) is 18.6. The van der Waals surface area contributed by atoms with Crippen molar-refractivity contribution in [2.24, 2.45) is 5.41 Å². The summed E-state index contributed by atoms with van der Waals surface area (Å²) in [5.74, 6) is -0.172. The largest absolute Gasteiger partial charge is 0.207 e. The summed E-state index contributed by atoms with van der Waals surface area (Å²) in [6.07, 6.45) is 4.47. The molecule has 0 amide bonds. The maximum atomic E-state index is 13.6. The first-order valence-corrected chi connectivity index (χ1v) is 6.65. The summed E-state index contributed by atoms with van der Waals surface area (Å²) in [4.78, 5) is 0. The van der Waals surface area contributed by atoms with E-state index in [1.165, 1.54) is 25.3 Å². The zero-order valence-corrected chi connectivity index (χ0v) is 10.7. The zero-order valence-electron chi connectivity index (χ0n) is 8.40. The van der Waals surface area contributed by atoms with Gasteiger partial charge in [-0.05, 0) is 42.4 Å². The maximum absolute atomic E-state index is 13.6. The lowest BCUT2D eigenvalue weighted by Gasteiger charge is -2.40. The molecule has 0 bridgehead atoms. The van der Waals surface area contributed by atoms with E-state index in [0.717, 1.165) is 17.3 Å². The van der Waals surface area contributed by atoms with E-state index < -0.39 is 0 Å². The summed E-state index contributed by atoms with van der Waals surface area (Å²) in [5, 5.41) is 1.43. The number of halogens is 3. The van der Waals surface area contributed by atoms with E-state index in [9.17, 15) is 4.39 Å². The van der Waals surface area contributed by atoms with Gasteiger partial charge in [0.05, 0.1) is 0 Å². The number of rotatable bonds is 3. The molecule has 0 aliphatic heterocycles. The van der Waals surface area contributed by atoms with Crippen molar-refractivity contribution in [3.63, 3.8) is 0 Å². The topological polar surface area (TPSA) is 0 Å². The predicted molar refractivity (Wildman–Crippen MR) is 65.2 cm³/mol. The molecule has 3 heteroatoms. The molecule has 0 spiro atoms. The van der Waals surface area contributed by atoms with E-state index in [0.29, 0.717) is 5.02 Å². The molecule has 82 valence electrons. The Morgan fingerprint density at radius 2 is 2.13 bits per heavy atom. The first-order chi connectivity index (χ1) is 7.15. The van der Waals surface area contributed by atoms with Crippen molar-refractivity contribution < 1.29 is 4.39 Å². The summed E-state index contributed by atoms with van der Waals surface area (Å²) >= 11 is 9.25. The van der Waals surface area contributed by atoms with Crippen LogP contribution in [0.2, 0.25) is 5.02 Å². The molecule has 0 heterocycles. The molecule has 1 aliphatic rings. The third-order valence-electron chi connectivity index (χ3n) is 3.28. The van der Waals surface area contributed by atoms with Gasteiger partial charge < -0.3 is 0 Å².